The van der Waals surface area contributed by atoms with Crippen LogP contribution in [0.2, 0.25) is 0 Å². The molecule has 2 fully saturated rings. The van der Waals surface area contributed by atoms with Crippen LogP contribution in [0.15, 0.2) is 0 Å². The number of hydrogen-bond acceptors (Lipinski definition) is 3. The van der Waals surface area contributed by atoms with Crippen molar-refractivity contribution in [2.45, 2.75) is 50.6 Å². The van der Waals surface area contributed by atoms with Gasteiger partial charge in [0, 0.05) is 19.6 Å². The molecule has 1 saturated heterocycles. The van der Waals surface area contributed by atoms with Gasteiger partial charge in [-0.05, 0) is 32.1 Å². The fraction of sp³-hybridized carbons (Fsp3) is 0.909. The van der Waals surface area contributed by atoms with Gasteiger partial charge < -0.3 is 5.11 Å². The molecular weight excluding hydrogens is 256 g/mol. The van der Waals surface area contributed by atoms with Gasteiger partial charge in [-0.15, -0.1) is 0 Å². The Hall–Kier alpha value is -0.660. The summed E-state index contributed by atoms with van der Waals surface area (Å²) in [5.41, 5.74) is 0. The van der Waals surface area contributed by atoms with Crippen LogP contribution >= 0.6 is 0 Å². The zero-order valence-electron chi connectivity index (χ0n) is 10.6. The van der Waals surface area contributed by atoms with Gasteiger partial charge >= 0.3 is 5.97 Å². The van der Waals surface area contributed by atoms with Crippen molar-refractivity contribution in [2.24, 2.45) is 0 Å². The molecule has 0 amide bonds. The van der Waals surface area contributed by atoms with Gasteiger partial charge in [0.15, 0.2) is 0 Å². The Morgan fingerprint density at radius 1 is 1.22 bits per heavy atom. The van der Waals surface area contributed by atoms with Gasteiger partial charge in [-0.3, -0.25) is 4.79 Å². The lowest BCUT2D eigenvalue weighted by Gasteiger charge is -2.40. The number of piperidine rings is 1. The fourth-order valence-corrected chi connectivity index (χ4v) is 4.33. The van der Waals surface area contributed by atoms with Crippen LogP contribution in [-0.2, 0) is 15.0 Å². The lowest BCUT2D eigenvalue weighted by atomic mass is 9.94. The molecule has 7 heteroatoms. The number of rotatable bonds is 4. The summed E-state index contributed by atoms with van der Waals surface area (Å²) in [5.74, 6) is -1.04. The van der Waals surface area contributed by atoms with E-state index in [0.29, 0.717) is 13.0 Å². The van der Waals surface area contributed by atoms with Gasteiger partial charge in [0.2, 0.25) is 0 Å². The molecule has 2 aliphatic rings. The highest BCUT2D eigenvalue weighted by Crippen LogP contribution is 2.29. The quantitative estimate of drug-likeness (QED) is 0.818. The average molecular weight is 276 g/mol. The minimum Gasteiger partial charge on any atom is -0.480 e. The molecule has 1 aliphatic carbocycles. The SMILES string of the molecule is CN(C1CCC1)S(=O)(=O)N1CCCCC1C(=O)O. The smallest absolute Gasteiger partial charge is 0.322 e. The maximum atomic E-state index is 12.4. The monoisotopic (exact) mass is 276 g/mol. The molecule has 1 atom stereocenters. The van der Waals surface area contributed by atoms with Crippen LogP contribution in [0.5, 0.6) is 0 Å². The van der Waals surface area contributed by atoms with E-state index in [2.05, 4.69) is 0 Å². The highest BCUT2D eigenvalue weighted by molar-refractivity contribution is 7.86. The second-order valence-corrected chi connectivity index (χ2v) is 7.01. The maximum absolute atomic E-state index is 12.4. The predicted molar refractivity (Wildman–Crippen MR) is 66.3 cm³/mol. The Balaban J connectivity index is 2.18. The van der Waals surface area contributed by atoms with E-state index < -0.39 is 22.2 Å². The summed E-state index contributed by atoms with van der Waals surface area (Å²) in [4.78, 5) is 11.2. The van der Waals surface area contributed by atoms with Crippen molar-refractivity contribution in [2.75, 3.05) is 13.6 Å². The normalized spacial score (nSPS) is 27.1. The summed E-state index contributed by atoms with van der Waals surface area (Å²) in [6.07, 6.45) is 4.72. The summed E-state index contributed by atoms with van der Waals surface area (Å²) < 4.78 is 27.4. The van der Waals surface area contributed by atoms with E-state index in [1.165, 1.54) is 4.31 Å². The number of carbonyl (C=O) groups is 1. The van der Waals surface area contributed by atoms with E-state index in [4.69, 9.17) is 5.11 Å². The molecule has 104 valence electrons. The van der Waals surface area contributed by atoms with Crippen molar-refractivity contribution < 1.29 is 18.3 Å². The van der Waals surface area contributed by atoms with Crippen molar-refractivity contribution in [3.63, 3.8) is 0 Å². The Morgan fingerprint density at radius 3 is 2.39 bits per heavy atom. The minimum absolute atomic E-state index is 0.0476. The minimum atomic E-state index is -3.63. The van der Waals surface area contributed by atoms with Gasteiger partial charge in [-0.2, -0.15) is 17.0 Å². The molecule has 18 heavy (non-hydrogen) atoms. The van der Waals surface area contributed by atoms with E-state index in [0.717, 1.165) is 36.4 Å². The van der Waals surface area contributed by atoms with Crippen LogP contribution in [0, 0.1) is 0 Å². The Bertz CT molecular complexity index is 419. The van der Waals surface area contributed by atoms with Gasteiger partial charge in [0.1, 0.15) is 6.04 Å². The molecule has 0 spiro atoms. The molecule has 0 aromatic heterocycles. The second-order valence-electron chi connectivity index (χ2n) is 5.07. The first-order valence-corrected chi connectivity index (χ1v) is 7.82. The first-order chi connectivity index (χ1) is 8.44. The van der Waals surface area contributed by atoms with Crippen LogP contribution < -0.4 is 0 Å². The molecule has 0 aromatic carbocycles. The molecule has 1 heterocycles. The summed E-state index contributed by atoms with van der Waals surface area (Å²) in [5, 5.41) is 9.14. The number of carboxylic acids is 1. The van der Waals surface area contributed by atoms with Crippen LogP contribution in [0.4, 0.5) is 0 Å². The summed E-state index contributed by atoms with van der Waals surface area (Å²) >= 11 is 0. The molecular formula is C11H20N2O4S. The maximum Gasteiger partial charge on any atom is 0.322 e. The standard InChI is InChI=1S/C11H20N2O4S/c1-12(9-5-4-6-9)18(16,17)13-8-3-2-7-10(13)11(14)15/h9-10H,2-8H2,1H3,(H,14,15). The molecule has 0 radical (unpaired) electrons. The zero-order chi connectivity index (χ0) is 13.3. The Morgan fingerprint density at radius 2 is 1.89 bits per heavy atom. The van der Waals surface area contributed by atoms with E-state index in [-0.39, 0.29) is 6.04 Å². The van der Waals surface area contributed by atoms with Crippen LogP contribution in [0.1, 0.15) is 38.5 Å². The first-order valence-electron chi connectivity index (χ1n) is 6.42. The van der Waals surface area contributed by atoms with E-state index >= 15 is 0 Å². The van der Waals surface area contributed by atoms with Crippen LogP contribution in [-0.4, -0.2) is 53.8 Å². The third-order valence-electron chi connectivity index (χ3n) is 3.99. The summed E-state index contributed by atoms with van der Waals surface area (Å²) in [6.45, 7) is 0.316. The molecule has 1 aliphatic heterocycles. The highest BCUT2D eigenvalue weighted by Gasteiger charge is 2.41. The molecule has 2 rings (SSSR count). The second kappa shape index (κ2) is 5.14. The number of carboxylic acid groups (broad SMARTS) is 1. The molecule has 0 bridgehead atoms. The van der Waals surface area contributed by atoms with Gasteiger partial charge in [-0.25, -0.2) is 0 Å². The van der Waals surface area contributed by atoms with Crippen molar-refractivity contribution >= 4 is 16.2 Å². The van der Waals surface area contributed by atoms with Gasteiger partial charge in [0.05, 0.1) is 0 Å². The van der Waals surface area contributed by atoms with E-state index in [1.54, 1.807) is 7.05 Å². The number of nitrogens with zero attached hydrogens (tertiary/aromatic N) is 2. The Kier molecular flexibility index (Phi) is 3.93. The third kappa shape index (κ3) is 2.39. The molecule has 1 unspecified atom stereocenters. The van der Waals surface area contributed by atoms with Crippen molar-refractivity contribution in [1.29, 1.82) is 0 Å². The molecule has 0 aromatic rings. The largest absolute Gasteiger partial charge is 0.480 e. The van der Waals surface area contributed by atoms with E-state index in [9.17, 15) is 13.2 Å². The number of hydrogen-bond donors (Lipinski definition) is 1. The molecule has 1 saturated carbocycles. The Labute approximate surface area is 108 Å². The third-order valence-corrected chi connectivity index (χ3v) is 6.04. The summed E-state index contributed by atoms with van der Waals surface area (Å²) in [6, 6.07) is -0.849. The lowest BCUT2D eigenvalue weighted by molar-refractivity contribution is -0.142. The topological polar surface area (TPSA) is 77.9 Å². The van der Waals surface area contributed by atoms with Crippen molar-refractivity contribution in [3.05, 3.63) is 0 Å². The van der Waals surface area contributed by atoms with Crippen molar-refractivity contribution in [3.8, 4) is 0 Å². The highest BCUT2D eigenvalue weighted by atomic mass is 32.2. The zero-order valence-corrected chi connectivity index (χ0v) is 11.4. The predicted octanol–water partition coefficient (Wildman–Crippen LogP) is 0.655. The average Bonchev–Trinajstić information content (AvgIpc) is 2.26. The summed E-state index contributed by atoms with van der Waals surface area (Å²) in [7, 11) is -2.07. The molecule has 6 nitrogen and oxygen atoms in total. The van der Waals surface area contributed by atoms with E-state index in [1.807, 2.05) is 0 Å². The van der Waals surface area contributed by atoms with Crippen molar-refractivity contribution in [1.82, 2.24) is 8.61 Å². The van der Waals surface area contributed by atoms with Crippen LogP contribution in [0.3, 0.4) is 0 Å². The lowest BCUT2D eigenvalue weighted by Crippen LogP contribution is -2.55. The number of aliphatic carboxylic acids is 1. The fourth-order valence-electron chi connectivity index (χ4n) is 2.53. The van der Waals surface area contributed by atoms with Gasteiger partial charge in [-0.1, -0.05) is 6.42 Å². The molecule has 1 N–H and O–H groups in total. The van der Waals surface area contributed by atoms with Crippen LogP contribution in [0.25, 0.3) is 0 Å². The first kappa shape index (κ1) is 13.8. The van der Waals surface area contributed by atoms with Gasteiger partial charge in [0.25, 0.3) is 10.2 Å².